The highest BCUT2D eigenvalue weighted by Crippen LogP contribution is 2.44. The highest BCUT2D eigenvalue weighted by atomic mass is 16.5. The number of carboxylic acids is 1. The van der Waals surface area contributed by atoms with Gasteiger partial charge in [0.15, 0.2) is 0 Å². The van der Waals surface area contributed by atoms with Gasteiger partial charge in [0.05, 0.1) is 19.3 Å². The third kappa shape index (κ3) is 5.17. The van der Waals surface area contributed by atoms with E-state index in [-0.39, 0.29) is 37.3 Å². The van der Waals surface area contributed by atoms with Crippen LogP contribution in [0, 0.1) is 11.8 Å². The summed E-state index contributed by atoms with van der Waals surface area (Å²) in [6.45, 7) is 1.17. The van der Waals surface area contributed by atoms with Crippen molar-refractivity contribution < 1.29 is 29.0 Å². The van der Waals surface area contributed by atoms with E-state index in [0.29, 0.717) is 19.1 Å². The van der Waals surface area contributed by atoms with Crippen molar-refractivity contribution in [2.45, 2.75) is 43.7 Å². The molecule has 0 spiro atoms. The number of nitrogens with one attached hydrogen (secondary N) is 2. The lowest BCUT2D eigenvalue weighted by Crippen LogP contribution is -2.51. The minimum atomic E-state index is -1.03. The monoisotopic (exact) mass is 478 g/mol. The number of alkyl carbamates (subject to hydrolysis) is 1. The Bertz CT molecular complexity index is 1070. The second-order valence-corrected chi connectivity index (χ2v) is 9.61. The molecule has 0 aromatic heterocycles. The molecule has 184 valence electrons. The Kier molecular flexibility index (Phi) is 6.72. The Morgan fingerprint density at radius 2 is 1.66 bits per heavy atom. The van der Waals surface area contributed by atoms with E-state index < -0.39 is 24.0 Å². The van der Waals surface area contributed by atoms with Crippen molar-refractivity contribution >= 4 is 18.0 Å². The van der Waals surface area contributed by atoms with Gasteiger partial charge in [-0.15, -0.1) is 0 Å². The first-order valence-electron chi connectivity index (χ1n) is 12.2. The minimum Gasteiger partial charge on any atom is -0.481 e. The van der Waals surface area contributed by atoms with Gasteiger partial charge in [0.25, 0.3) is 0 Å². The average Bonchev–Trinajstić information content (AvgIpc) is 3.51. The van der Waals surface area contributed by atoms with Gasteiger partial charge in [0.2, 0.25) is 5.91 Å². The van der Waals surface area contributed by atoms with Gasteiger partial charge in [-0.05, 0) is 47.4 Å². The predicted octanol–water partition coefficient (Wildman–Crippen LogP) is 3.30. The van der Waals surface area contributed by atoms with E-state index in [0.717, 1.165) is 35.1 Å². The van der Waals surface area contributed by atoms with Crippen molar-refractivity contribution in [2.24, 2.45) is 11.8 Å². The number of carbonyl (C=O) groups excluding carboxylic acids is 2. The zero-order chi connectivity index (χ0) is 24.4. The molecule has 3 unspecified atom stereocenters. The molecule has 2 aromatic rings. The molecule has 2 amide bonds. The van der Waals surface area contributed by atoms with Crippen LogP contribution in [0.15, 0.2) is 48.5 Å². The van der Waals surface area contributed by atoms with Crippen LogP contribution in [0.2, 0.25) is 0 Å². The largest absolute Gasteiger partial charge is 0.481 e. The fraction of sp³-hybridized carbons (Fsp3) is 0.444. The molecule has 2 aromatic carbocycles. The number of hydrogen-bond acceptors (Lipinski definition) is 5. The molecule has 2 fully saturated rings. The molecule has 1 aliphatic heterocycles. The fourth-order valence-corrected chi connectivity index (χ4v) is 5.31. The van der Waals surface area contributed by atoms with Gasteiger partial charge in [-0.1, -0.05) is 48.5 Å². The molecule has 0 radical (unpaired) electrons. The SMILES string of the molecule is O=C(O)CCC(NC(=O)OCC1c2ccccc2-c2ccccc21)C(=O)NC1COCC1C1CC1. The molecule has 1 saturated heterocycles. The highest BCUT2D eigenvalue weighted by Gasteiger charge is 2.41. The topological polar surface area (TPSA) is 114 Å². The minimum absolute atomic E-state index is 0.0208. The van der Waals surface area contributed by atoms with Gasteiger partial charge < -0.3 is 25.2 Å². The van der Waals surface area contributed by atoms with Crippen molar-refractivity contribution in [3.63, 3.8) is 0 Å². The number of amides is 2. The van der Waals surface area contributed by atoms with Gasteiger partial charge in [0, 0.05) is 18.3 Å². The van der Waals surface area contributed by atoms with Gasteiger partial charge in [-0.2, -0.15) is 0 Å². The highest BCUT2D eigenvalue weighted by molar-refractivity contribution is 5.86. The lowest BCUT2D eigenvalue weighted by Gasteiger charge is -2.23. The Labute approximate surface area is 204 Å². The van der Waals surface area contributed by atoms with Crippen LogP contribution in [-0.2, 0) is 19.1 Å². The Hall–Kier alpha value is -3.39. The molecule has 3 atom stereocenters. The third-order valence-corrected chi connectivity index (χ3v) is 7.28. The molecule has 3 aliphatic rings. The fourth-order valence-electron chi connectivity index (χ4n) is 5.31. The number of ether oxygens (including phenoxy) is 2. The van der Waals surface area contributed by atoms with Crippen LogP contribution in [0.1, 0.15) is 42.7 Å². The maximum absolute atomic E-state index is 13.0. The summed E-state index contributed by atoms with van der Waals surface area (Å²) in [6, 6.07) is 15.0. The van der Waals surface area contributed by atoms with Crippen molar-refractivity contribution in [2.75, 3.05) is 19.8 Å². The molecule has 3 N–H and O–H groups in total. The van der Waals surface area contributed by atoms with Gasteiger partial charge >= 0.3 is 12.1 Å². The van der Waals surface area contributed by atoms with Crippen molar-refractivity contribution in [1.82, 2.24) is 10.6 Å². The quantitative estimate of drug-likeness (QED) is 0.510. The van der Waals surface area contributed by atoms with Crippen LogP contribution in [0.5, 0.6) is 0 Å². The van der Waals surface area contributed by atoms with Crippen molar-refractivity contribution in [3.8, 4) is 11.1 Å². The smallest absolute Gasteiger partial charge is 0.407 e. The number of carbonyl (C=O) groups is 3. The van der Waals surface area contributed by atoms with Gasteiger partial charge in [0.1, 0.15) is 12.6 Å². The van der Waals surface area contributed by atoms with Crippen LogP contribution >= 0.6 is 0 Å². The molecule has 1 heterocycles. The zero-order valence-electron chi connectivity index (χ0n) is 19.4. The lowest BCUT2D eigenvalue weighted by atomic mass is 9.97. The van der Waals surface area contributed by atoms with E-state index in [9.17, 15) is 14.4 Å². The Morgan fingerprint density at radius 1 is 1.00 bits per heavy atom. The van der Waals surface area contributed by atoms with E-state index in [1.165, 1.54) is 0 Å². The first-order chi connectivity index (χ1) is 17.0. The Balaban J connectivity index is 1.22. The first kappa shape index (κ1) is 23.4. The summed E-state index contributed by atoms with van der Waals surface area (Å²) in [4.78, 5) is 36.9. The summed E-state index contributed by atoms with van der Waals surface area (Å²) in [6.07, 6.45) is 1.28. The third-order valence-electron chi connectivity index (χ3n) is 7.28. The van der Waals surface area contributed by atoms with Crippen molar-refractivity contribution in [3.05, 3.63) is 59.7 Å². The summed E-state index contributed by atoms with van der Waals surface area (Å²) in [7, 11) is 0. The van der Waals surface area contributed by atoms with Crippen LogP contribution in [0.25, 0.3) is 11.1 Å². The van der Waals surface area contributed by atoms with E-state index in [4.69, 9.17) is 14.6 Å². The van der Waals surface area contributed by atoms with Crippen LogP contribution < -0.4 is 10.6 Å². The number of aliphatic carboxylic acids is 1. The zero-order valence-corrected chi connectivity index (χ0v) is 19.4. The normalized spacial score (nSPS) is 21.6. The molecule has 0 bridgehead atoms. The molecule has 8 heteroatoms. The number of hydrogen-bond donors (Lipinski definition) is 3. The molecule has 5 rings (SSSR count). The molecular formula is C27H30N2O6. The second kappa shape index (κ2) is 10.1. The molecular weight excluding hydrogens is 448 g/mol. The van der Waals surface area contributed by atoms with Gasteiger partial charge in [-0.25, -0.2) is 4.79 Å². The summed E-state index contributed by atoms with van der Waals surface area (Å²) in [5, 5.41) is 14.7. The number of rotatable bonds is 9. The van der Waals surface area contributed by atoms with Crippen molar-refractivity contribution in [1.29, 1.82) is 0 Å². The average molecular weight is 479 g/mol. The van der Waals surface area contributed by atoms with E-state index >= 15 is 0 Å². The number of fused-ring (bicyclic) bond motifs is 3. The molecule has 2 aliphatic carbocycles. The summed E-state index contributed by atoms with van der Waals surface area (Å²) < 4.78 is 11.1. The van der Waals surface area contributed by atoms with Crippen LogP contribution in [0.3, 0.4) is 0 Å². The van der Waals surface area contributed by atoms with E-state index in [1.807, 2.05) is 36.4 Å². The summed E-state index contributed by atoms with van der Waals surface area (Å²) >= 11 is 0. The molecule has 35 heavy (non-hydrogen) atoms. The first-order valence-corrected chi connectivity index (χ1v) is 12.2. The summed E-state index contributed by atoms with van der Waals surface area (Å²) in [5.41, 5.74) is 4.43. The number of carboxylic acid groups (broad SMARTS) is 1. The predicted molar refractivity (Wildman–Crippen MR) is 128 cm³/mol. The second-order valence-electron chi connectivity index (χ2n) is 9.61. The molecule has 8 nitrogen and oxygen atoms in total. The van der Waals surface area contributed by atoms with Crippen LogP contribution in [-0.4, -0.2) is 55.0 Å². The lowest BCUT2D eigenvalue weighted by molar-refractivity contribution is -0.137. The maximum Gasteiger partial charge on any atom is 0.407 e. The maximum atomic E-state index is 13.0. The van der Waals surface area contributed by atoms with E-state index in [2.05, 4.69) is 22.8 Å². The summed E-state index contributed by atoms with van der Waals surface area (Å²) in [5.74, 6) is -0.698. The Morgan fingerprint density at radius 3 is 2.29 bits per heavy atom. The van der Waals surface area contributed by atoms with E-state index in [1.54, 1.807) is 0 Å². The van der Waals surface area contributed by atoms with Gasteiger partial charge in [-0.3, -0.25) is 9.59 Å². The van der Waals surface area contributed by atoms with Crippen LogP contribution in [0.4, 0.5) is 4.79 Å². The standard InChI is InChI=1S/C27H30N2O6/c30-25(31)12-11-23(26(32)28-24-15-34-13-21(24)16-9-10-16)29-27(33)35-14-22-19-7-3-1-5-17(19)18-6-2-4-8-20(18)22/h1-8,16,21-24H,9-15H2,(H,28,32)(H,29,33)(H,30,31). The molecule has 1 saturated carbocycles. The number of benzene rings is 2.